The van der Waals surface area contributed by atoms with Crippen molar-refractivity contribution in [3.63, 3.8) is 0 Å². The molecule has 1 N–H and O–H groups in total. The average molecular weight is 239 g/mol. The third-order valence-corrected chi connectivity index (χ3v) is 4.96. The van der Waals surface area contributed by atoms with Crippen molar-refractivity contribution < 1.29 is 9.90 Å². The van der Waals surface area contributed by atoms with E-state index in [9.17, 15) is 9.90 Å². The fraction of sp³-hybridized carbons (Fsp3) is 0.929. The van der Waals surface area contributed by atoms with Gasteiger partial charge in [0.05, 0.1) is 5.41 Å². The Hall–Kier alpha value is -0.570. The van der Waals surface area contributed by atoms with Gasteiger partial charge in [-0.15, -0.1) is 0 Å². The molecule has 3 atom stereocenters. The van der Waals surface area contributed by atoms with E-state index in [1.165, 1.54) is 32.1 Å². The van der Waals surface area contributed by atoms with Gasteiger partial charge < -0.3 is 5.11 Å². The first-order valence-corrected chi connectivity index (χ1v) is 7.04. The Balaban J connectivity index is 2.04. The zero-order valence-corrected chi connectivity index (χ0v) is 11.1. The third kappa shape index (κ3) is 2.49. The van der Waals surface area contributed by atoms with Gasteiger partial charge in [-0.2, -0.15) is 0 Å². The van der Waals surface area contributed by atoms with Crippen LogP contribution in [0, 0.1) is 11.3 Å². The summed E-state index contributed by atoms with van der Waals surface area (Å²) in [5.41, 5.74) is -0.565. The third-order valence-electron chi connectivity index (χ3n) is 4.96. The molecule has 1 aliphatic carbocycles. The van der Waals surface area contributed by atoms with Crippen LogP contribution in [0.2, 0.25) is 0 Å². The van der Waals surface area contributed by atoms with E-state index in [1.807, 2.05) is 13.8 Å². The summed E-state index contributed by atoms with van der Waals surface area (Å²) in [6.45, 7) is 5.72. The molecule has 1 heterocycles. The Morgan fingerprint density at radius 2 is 2.06 bits per heavy atom. The number of piperidine rings is 1. The molecule has 0 bridgehead atoms. The normalized spacial score (nSPS) is 33.1. The van der Waals surface area contributed by atoms with Gasteiger partial charge in [0.2, 0.25) is 0 Å². The summed E-state index contributed by atoms with van der Waals surface area (Å²) in [5.74, 6) is 0.207. The predicted molar refractivity (Wildman–Crippen MR) is 68.0 cm³/mol. The summed E-state index contributed by atoms with van der Waals surface area (Å²) in [6.07, 6.45) is 7.30. The van der Waals surface area contributed by atoms with Gasteiger partial charge in [0.25, 0.3) is 0 Å². The molecule has 17 heavy (non-hydrogen) atoms. The fourth-order valence-electron chi connectivity index (χ4n) is 3.53. The highest BCUT2D eigenvalue weighted by Crippen LogP contribution is 2.38. The first kappa shape index (κ1) is 12.9. The summed E-state index contributed by atoms with van der Waals surface area (Å²) in [7, 11) is 0. The van der Waals surface area contributed by atoms with E-state index in [0.717, 1.165) is 25.4 Å². The zero-order chi connectivity index (χ0) is 12.5. The second-order valence-corrected chi connectivity index (χ2v) is 6.09. The lowest BCUT2D eigenvalue weighted by atomic mass is 9.84. The molecule has 0 radical (unpaired) electrons. The number of carboxylic acid groups (broad SMARTS) is 1. The van der Waals surface area contributed by atoms with E-state index in [2.05, 4.69) is 4.90 Å². The largest absolute Gasteiger partial charge is 0.481 e. The van der Waals surface area contributed by atoms with E-state index in [4.69, 9.17) is 0 Å². The first-order chi connectivity index (χ1) is 8.07. The predicted octanol–water partition coefficient (Wildman–Crippen LogP) is 2.75. The van der Waals surface area contributed by atoms with Crippen molar-refractivity contribution >= 4 is 5.97 Å². The zero-order valence-electron chi connectivity index (χ0n) is 11.1. The van der Waals surface area contributed by atoms with Crippen LogP contribution in [0.4, 0.5) is 0 Å². The molecule has 1 saturated carbocycles. The van der Waals surface area contributed by atoms with Crippen LogP contribution < -0.4 is 0 Å². The molecular formula is C14H25NO2. The van der Waals surface area contributed by atoms with E-state index < -0.39 is 11.4 Å². The lowest BCUT2D eigenvalue weighted by Gasteiger charge is -2.41. The molecule has 2 rings (SSSR count). The van der Waals surface area contributed by atoms with Gasteiger partial charge >= 0.3 is 5.97 Å². The summed E-state index contributed by atoms with van der Waals surface area (Å²) in [5, 5.41) is 9.38. The van der Waals surface area contributed by atoms with Crippen LogP contribution in [0.15, 0.2) is 0 Å². The number of likely N-dealkylation sites (tertiary alicyclic amines) is 1. The van der Waals surface area contributed by atoms with Gasteiger partial charge in [-0.3, -0.25) is 9.69 Å². The van der Waals surface area contributed by atoms with Crippen LogP contribution in [0.25, 0.3) is 0 Å². The van der Waals surface area contributed by atoms with Crippen LogP contribution in [0.1, 0.15) is 52.4 Å². The molecule has 3 nitrogen and oxygen atoms in total. The van der Waals surface area contributed by atoms with E-state index in [-0.39, 0.29) is 0 Å². The maximum absolute atomic E-state index is 11.4. The first-order valence-electron chi connectivity index (χ1n) is 7.04. The van der Waals surface area contributed by atoms with Crippen molar-refractivity contribution in [2.75, 3.05) is 13.1 Å². The van der Waals surface area contributed by atoms with Crippen molar-refractivity contribution in [2.24, 2.45) is 11.3 Å². The van der Waals surface area contributed by atoms with E-state index in [1.54, 1.807) is 0 Å². The molecule has 0 spiro atoms. The van der Waals surface area contributed by atoms with E-state index in [0.29, 0.717) is 6.04 Å². The highest BCUT2D eigenvalue weighted by atomic mass is 16.4. The summed E-state index contributed by atoms with van der Waals surface area (Å²) >= 11 is 0. The van der Waals surface area contributed by atoms with Gasteiger partial charge in [0, 0.05) is 12.6 Å². The average Bonchev–Trinajstić information content (AvgIpc) is 2.77. The Kier molecular flexibility index (Phi) is 3.76. The van der Waals surface area contributed by atoms with Crippen molar-refractivity contribution in [1.82, 2.24) is 4.90 Å². The minimum absolute atomic E-state index is 0.565. The monoisotopic (exact) mass is 239 g/mol. The fourth-order valence-corrected chi connectivity index (χ4v) is 3.53. The molecule has 1 aliphatic heterocycles. The lowest BCUT2D eigenvalue weighted by Crippen LogP contribution is -2.49. The van der Waals surface area contributed by atoms with Gasteiger partial charge in [-0.25, -0.2) is 0 Å². The summed E-state index contributed by atoms with van der Waals surface area (Å²) in [6, 6.07) is 0.675. The standard InChI is InChI=1S/C14H25NO2/c1-3-14(2,13(16)17)10-15-9-5-7-11-6-4-8-12(11)15/h11-12H,3-10H2,1-2H3,(H,16,17). The quantitative estimate of drug-likeness (QED) is 0.820. The van der Waals surface area contributed by atoms with Gasteiger partial charge in [0.1, 0.15) is 0 Å². The van der Waals surface area contributed by atoms with Gasteiger partial charge in [-0.05, 0) is 51.5 Å². The van der Waals surface area contributed by atoms with Crippen molar-refractivity contribution in [3.05, 3.63) is 0 Å². The maximum atomic E-state index is 11.4. The number of aliphatic carboxylic acids is 1. The molecule has 0 amide bonds. The topological polar surface area (TPSA) is 40.5 Å². The van der Waals surface area contributed by atoms with Crippen LogP contribution >= 0.6 is 0 Å². The Labute approximate surface area is 104 Å². The number of fused-ring (bicyclic) bond motifs is 1. The SMILES string of the molecule is CCC(C)(CN1CCCC2CCCC21)C(=O)O. The molecule has 0 aromatic heterocycles. The van der Waals surface area contributed by atoms with E-state index >= 15 is 0 Å². The molecule has 3 heteroatoms. The minimum Gasteiger partial charge on any atom is -0.481 e. The summed E-state index contributed by atoms with van der Waals surface area (Å²) < 4.78 is 0. The Morgan fingerprint density at radius 3 is 2.71 bits per heavy atom. The molecular weight excluding hydrogens is 214 g/mol. The van der Waals surface area contributed by atoms with Crippen LogP contribution in [0.3, 0.4) is 0 Å². The smallest absolute Gasteiger partial charge is 0.310 e. The van der Waals surface area contributed by atoms with Crippen LogP contribution in [-0.2, 0) is 4.79 Å². The Morgan fingerprint density at radius 1 is 1.35 bits per heavy atom. The van der Waals surface area contributed by atoms with Crippen LogP contribution in [-0.4, -0.2) is 35.1 Å². The van der Waals surface area contributed by atoms with Crippen molar-refractivity contribution in [1.29, 1.82) is 0 Å². The number of nitrogens with zero attached hydrogens (tertiary/aromatic N) is 1. The molecule has 2 fully saturated rings. The molecule has 2 aliphatic rings. The number of rotatable bonds is 4. The molecule has 98 valence electrons. The number of hydrogen-bond donors (Lipinski definition) is 1. The lowest BCUT2D eigenvalue weighted by molar-refractivity contribution is -0.150. The van der Waals surface area contributed by atoms with Gasteiger partial charge in [-0.1, -0.05) is 13.3 Å². The van der Waals surface area contributed by atoms with Crippen molar-refractivity contribution in [3.8, 4) is 0 Å². The van der Waals surface area contributed by atoms with Crippen LogP contribution in [0.5, 0.6) is 0 Å². The summed E-state index contributed by atoms with van der Waals surface area (Å²) in [4.78, 5) is 13.9. The van der Waals surface area contributed by atoms with Crippen molar-refractivity contribution in [2.45, 2.75) is 58.4 Å². The molecule has 1 saturated heterocycles. The number of hydrogen-bond acceptors (Lipinski definition) is 2. The van der Waals surface area contributed by atoms with Gasteiger partial charge in [0.15, 0.2) is 0 Å². The number of carbonyl (C=O) groups is 1. The molecule has 3 unspecified atom stereocenters. The Bertz CT molecular complexity index is 292. The highest BCUT2D eigenvalue weighted by Gasteiger charge is 2.40. The minimum atomic E-state index is -0.639. The highest BCUT2D eigenvalue weighted by molar-refractivity contribution is 5.74. The second-order valence-electron chi connectivity index (χ2n) is 6.09. The number of carboxylic acids is 1. The maximum Gasteiger partial charge on any atom is 0.310 e. The molecule has 0 aromatic carbocycles. The molecule has 0 aromatic rings. The second kappa shape index (κ2) is 4.97.